The van der Waals surface area contributed by atoms with E-state index in [1.54, 1.807) is 40.2 Å². The lowest BCUT2D eigenvalue weighted by molar-refractivity contribution is -0.184. The number of aromatic nitrogens is 2. The number of rotatable bonds is 4. The number of amides is 1. The number of carbonyl (C=O) groups excluding carboxylic acids is 1. The van der Waals surface area contributed by atoms with E-state index in [0.29, 0.717) is 5.82 Å². The van der Waals surface area contributed by atoms with Crippen LogP contribution in [0.15, 0.2) is 42.2 Å². The van der Waals surface area contributed by atoms with E-state index in [9.17, 15) is 18.0 Å². The average molecular weight is 420 g/mol. The van der Waals surface area contributed by atoms with Gasteiger partial charge in [-0.2, -0.15) is 13.2 Å². The minimum atomic E-state index is -4.15. The van der Waals surface area contributed by atoms with E-state index < -0.39 is 12.1 Å². The van der Waals surface area contributed by atoms with Crippen LogP contribution in [0.4, 0.5) is 19.0 Å². The van der Waals surface area contributed by atoms with Crippen LogP contribution in [0.3, 0.4) is 0 Å². The van der Waals surface area contributed by atoms with Crippen molar-refractivity contribution in [3.8, 4) is 10.4 Å². The van der Waals surface area contributed by atoms with Crippen molar-refractivity contribution >= 4 is 33.8 Å². The zero-order valence-electron chi connectivity index (χ0n) is 15.4. The van der Waals surface area contributed by atoms with Gasteiger partial charge in [0.1, 0.15) is 5.82 Å². The summed E-state index contributed by atoms with van der Waals surface area (Å²) in [6, 6.07) is 7.78. The highest BCUT2D eigenvalue weighted by atomic mass is 32.1. The predicted molar refractivity (Wildman–Crippen MR) is 107 cm³/mol. The van der Waals surface area contributed by atoms with Gasteiger partial charge in [0, 0.05) is 17.8 Å². The molecule has 4 rings (SSSR count). The second-order valence-corrected chi connectivity index (χ2v) is 8.02. The molecule has 1 fully saturated rings. The molecule has 3 aromatic rings. The predicted octanol–water partition coefficient (Wildman–Crippen LogP) is 4.57. The highest BCUT2D eigenvalue weighted by Crippen LogP contribution is 2.34. The molecule has 1 N–H and O–H groups in total. The van der Waals surface area contributed by atoms with Gasteiger partial charge < -0.3 is 5.32 Å². The van der Waals surface area contributed by atoms with Gasteiger partial charge in [0.15, 0.2) is 0 Å². The molecule has 9 heteroatoms. The number of alkyl halides is 3. The molecule has 0 bridgehead atoms. The number of hydrogen-bond donors (Lipinski definition) is 1. The van der Waals surface area contributed by atoms with Gasteiger partial charge in [0.05, 0.1) is 22.9 Å². The first-order valence-corrected chi connectivity index (χ1v) is 10.1. The minimum absolute atomic E-state index is 0.0331. The molecular weight excluding hydrogens is 401 g/mol. The Balaban J connectivity index is 1.39. The molecule has 3 heterocycles. The molecule has 5 nitrogen and oxygen atoms in total. The van der Waals surface area contributed by atoms with E-state index >= 15 is 0 Å². The van der Waals surface area contributed by atoms with Gasteiger partial charge in [-0.15, -0.1) is 11.3 Å². The third-order valence-corrected chi connectivity index (χ3v) is 5.95. The Morgan fingerprint density at radius 2 is 1.97 bits per heavy atom. The number of likely N-dealkylation sites (tertiary alicyclic amines) is 1. The highest BCUT2D eigenvalue weighted by molar-refractivity contribution is 7.13. The lowest BCUT2D eigenvalue weighted by Crippen LogP contribution is -2.42. The minimum Gasteiger partial charge on any atom is -0.310 e. The summed E-state index contributed by atoms with van der Waals surface area (Å²) in [6.07, 6.45) is -0.591. The van der Waals surface area contributed by atoms with E-state index in [4.69, 9.17) is 0 Å². The van der Waals surface area contributed by atoms with Crippen molar-refractivity contribution in [1.29, 1.82) is 0 Å². The standard InChI is InChI=1S/C20H19F3N4OS/c21-20(22,23)16-3-5-27(6-4-16)11-19(28)26-18-8-15-7-13(17-10-24-12-29-17)1-2-14(15)9-25-18/h1-2,7-10,12,16H,3-6,11H2,(H,25,26,28). The summed E-state index contributed by atoms with van der Waals surface area (Å²) in [5, 5.41) is 4.64. The maximum atomic E-state index is 12.8. The third kappa shape index (κ3) is 4.73. The fourth-order valence-corrected chi connectivity index (χ4v) is 4.14. The second kappa shape index (κ2) is 8.08. The van der Waals surface area contributed by atoms with Gasteiger partial charge in [0.2, 0.25) is 5.91 Å². The van der Waals surface area contributed by atoms with E-state index in [2.05, 4.69) is 15.3 Å². The molecule has 0 unspecified atom stereocenters. The topological polar surface area (TPSA) is 58.1 Å². The molecule has 2 aromatic heterocycles. The number of carbonyl (C=O) groups is 1. The first-order chi connectivity index (χ1) is 13.9. The average Bonchev–Trinajstić information content (AvgIpc) is 3.22. The van der Waals surface area contributed by atoms with Crippen molar-refractivity contribution < 1.29 is 18.0 Å². The lowest BCUT2D eigenvalue weighted by atomic mass is 9.96. The Kier molecular flexibility index (Phi) is 5.51. The van der Waals surface area contributed by atoms with Crippen LogP contribution in [-0.2, 0) is 4.79 Å². The van der Waals surface area contributed by atoms with Crippen LogP contribution in [0.5, 0.6) is 0 Å². The molecule has 0 aliphatic carbocycles. The Bertz CT molecular complexity index is 999. The van der Waals surface area contributed by atoms with Gasteiger partial charge in [0.25, 0.3) is 0 Å². The Hall–Kier alpha value is -2.52. The zero-order chi connectivity index (χ0) is 20.4. The second-order valence-electron chi connectivity index (χ2n) is 7.14. The van der Waals surface area contributed by atoms with Gasteiger partial charge >= 0.3 is 6.18 Å². The monoisotopic (exact) mass is 420 g/mol. The summed E-state index contributed by atoms with van der Waals surface area (Å²) in [6.45, 7) is 0.590. The molecule has 0 radical (unpaired) electrons. The third-order valence-electron chi connectivity index (χ3n) is 5.12. The molecule has 0 spiro atoms. The summed E-state index contributed by atoms with van der Waals surface area (Å²) in [5.41, 5.74) is 2.81. The van der Waals surface area contributed by atoms with Crippen molar-refractivity contribution in [2.45, 2.75) is 19.0 Å². The van der Waals surface area contributed by atoms with E-state index in [0.717, 1.165) is 21.2 Å². The fraction of sp³-hybridized carbons (Fsp3) is 0.350. The van der Waals surface area contributed by atoms with Crippen LogP contribution in [0.1, 0.15) is 12.8 Å². The number of thiazole rings is 1. The molecule has 0 saturated carbocycles. The normalized spacial score (nSPS) is 16.2. The van der Waals surface area contributed by atoms with Crippen LogP contribution >= 0.6 is 11.3 Å². The fourth-order valence-electron chi connectivity index (χ4n) is 3.52. The Labute approximate surface area is 169 Å². The maximum absolute atomic E-state index is 12.8. The summed E-state index contributed by atoms with van der Waals surface area (Å²) in [5.74, 6) is -1.12. The van der Waals surface area contributed by atoms with Crippen molar-refractivity contribution in [2.75, 3.05) is 25.0 Å². The van der Waals surface area contributed by atoms with Crippen LogP contribution in [0.2, 0.25) is 0 Å². The van der Waals surface area contributed by atoms with Crippen molar-refractivity contribution in [3.63, 3.8) is 0 Å². The number of piperidine rings is 1. The SMILES string of the molecule is O=C(CN1CCC(C(F)(F)F)CC1)Nc1cc2cc(-c3cncs3)ccc2cn1. The summed E-state index contributed by atoms with van der Waals surface area (Å²) in [7, 11) is 0. The summed E-state index contributed by atoms with van der Waals surface area (Å²) in [4.78, 5) is 23.5. The number of benzene rings is 1. The molecule has 29 heavy (non-hydrogen) atoms. The number of halogens is 3. The molecule has 1 amide bonds. The van der Waals surface area contributed by atoms with E-state index in [-0.39, 0.29) is 38.4 Å². The Morgan fingerprint density at radius 3 is 2.66 bits per heavy atom. The lowest BCUT2D eigenvalue weighted by Gasteiger charge is -2.32. The van der Waals surface area contributed by atoms with Crippen LogP contribution < -0.4 is 5.32 Å². The highest BCUT2D eigenvalue weighted by Gasteiger charge is 2.41. The molecule has 1 aromatic carbocycles. The number of pyridine rings is 1. The maximum Gasteiger partial charge on any atom is 0.391 e. The zero-order valence-corrected chi connectivity index (χ0v) is 16.3. The van der Waals surface area contributed by atoms with Crippen LogP contribution in [0, 0.1) is 5.92 Å². The Morgan fingerprint density at radius 1 is 1.17 bits per heavy atom. The van der Waals surface area contributed by atoms with E-state index in [1.165, 1.54) is 0 Å². The first-order valence-electron chi connectivity index (χ1n) is 9.26. The van der Waals surface area contributed by atoms with Gasteiger partial charge in [-0.3, -0.25) is 14.7 Å². The van der Waals surface area contributed by atoms with Crippen molar-refractivity contribution in [2.24, 2.45) is 5.92 Å². The van der Waals surface area contributed by atoms with Gasteiger partial charge in [-0.25, -0.2) is 4.98 Å². The summed E-state index contributed by atoms with van der Waals surface area (Å²) < 4.78 is 38.3. The number of nitrogens with zero attached hydrogens (tertiary/aromatic N) is 3. The molecule has 0 atom stereocenters. The number of nitrogens with one attached hydrogen (secondary N) is 1. The number of anilines is 1. The number of fused-ring (bicyclic) bond motifs is 1. The summed E-state index contributed by atoms with van der Waals surface area (Å²) >= 11 is 1.55. The molecule has 152 valence electrons. The van der Waals surface area contributed by atoms with Gasteiger partial charge in [-0.1, -0.05) is 12.1 Å². The largest absolute Gasteiger partial charge is 0.391 e. The van der Waals surface area contributed by atoms with Crippen LogP contribution in [-0.4, -0.2) is 46.6 Å². The van der Waals surface area contributed by atoms with E-state index in [1.807, 2.05) is 18.2 Å². The first kappa shape index (κ1) is 19.8. The van der Waals surface area contributed by atoms with Gasteiger partial charge in [-0.05, 0) is 49.0 Å². The number of hydrogen-bond acceptors (Lipinski definition) is 5. The van der Waals surface area contributed by atoms with Crippen LogP contribution in [0.25, 0.3) is 21.2 Å². The molecular formula is C20H19F3N4OS. The van der Waals surface area contributed by atoms with Crippen molar-refractivity contribution in [3.05, 3.63) is 42.2 Å². The van der Waals surface area contributed by atoms with Crippen molar-refractivity contribution in [1.82, 2.24) is 14.9 Å². The molecule has 1 aliphatic rings. The smallest absolute Gasteiger partial charge is 0.310 e. The molecule has 1 saturated heterocycles. The quantitative estimate of drug-likeness (QED) is 0.672. The molecule has 1 aliphatic heterocycles.